The molecule has 42 heavy (non-hydrogen) atoms. The van der Waals surface area contributed by atoms with E-state index in [9.17, 15) is 23.5 Å². The zero-order valence-electron chi connectivity index (χ0n) is 27.0. The van der Waals surface area contributed by atoms with Crippen LogP contribution in [0.2, 0.25) is 0 Å². The summed E-state index contributed by atoms with van der Waals surface area (Å²) in [5.74, 6) is 1.91. The van der Waals surface area contributed by atoms with Crippen LogP contribution in [-0.4, -0.2) is 42.7 Å². The first-order valence-electron chi connectivity index (χ1n) is 14.8. The second kappa shape index (κ2) is 25.6. The summed E-state index contributed by atoms with van der Waals surface area (Å²) in [6.07, 6.45) is 10.7. The van der Waals surface area contributed by atoms with Gasteiger partial charge in [0.2, 0.25) is 0 Å². The lowest BCUT2D eigenvalue weighted by molar-refractivity contribution is 0.0771. The topological polar surface area (TPSA) is 75.6 Å². The number of carbonyl (C=O) groups excluding carboxylic acids is 2. The van der Waals surface area contributed by atoms with Gasteiger partial charge in [0.25, 0.3) is 5.91 Å². The predicted molar refractivity (Wildman–Crippen MR) is 170 cm³/mol. The van der Waals surface area contributed by atoms with Crippen LogP contribution in [0.1, 0.15) is 112 Å². The number of terminal acetylenes is 1. The molecule has 0 saturated carbocycles. The third-order valence-electron chi connectivity index (χ3n) is 5.60. The summed E-state index contributed by atoms with van der Waals surface area (Å²) < 4.78 is 29.6. The molecule has 0 aliphatic heterocycles. The molecule has 1 atom stereocenters. The van der Waals surface area contributed by atoms with Crippen LogP contribution >= 0.6 is 0 Å². The van der Waals surface area contributed by atoms with Crippen LogP contribution in [0.15, 0.2) is 36.4 Å². The number of ketones is 1. The Morgan fingerprint density at radius 1 is 0.881 bits per heavy atom. The largest absolute Gasteiger partial charge is 0.391 e. The molecule has 0 aliphatic rings. The summed E-state index contributed by atoms with van der Waals surface area (Å²) in [7, 11) is 0. The summed E-state index contributed by atoms with van der Waals surface area (Å²) in [6, 6.07) is 8.41. The van der Waals surface area contributed by atoms with Crippen molar-refractivity contribution in [1.82, 2.24) is 5.32 Å². The maximum atomic E-state index is 12.2. The minimum absolute atomic E-state index is 0.0908. The van der Waals surface area contributed by atoms with Gasteiger partial charge in [-0.2, -0.15) is 0 Å². The van der Waals surface area contributed by atoms with Gasteiger partial charge in [0.05, 0.1) is 12.7 Å². The van der Waals surface area contributed by atoms with E-state index in [-0.39, 0.29) is 18.2 Å². The summed E-state index contributed by atoms with van der Waals surface area (Å²) in [5.41, 5.74) is 2.35. The minimum Gasteiger partial charge on any atom is -0.391 e. The van der Waals surface area contributed by atoms with E-state index in [2.05, 4.69) is 45.9 Å². The Morgan fingerprint density at radius 2 is 1.43 bits per heavy atom. The van der Waals surface area contributed by atoms with E-state index in [4.69, 9.17) is 11.2 Å². The number of hydrogen-bond donors (Lipinski definition) is 2. The highest BCUT2D eigenvalue weighted by Crippen LogP contribution is 2.11. The molecule has 2 N–H and O–H groups in total. The number of ether oxygens (including phenoxy) is 1. The van der Waals surface area contributed by atoms with Crippen LogP contribution in [-0.2, 0) is 4.74 Å². The Kier molecular flexibility index (Phi) is 25.0. The second-order valence-corrected chi connectivity index (χ2v) is 10.5. The number of rotatable bonds is 12. The number of hydrogen-bond acceptors (Lipinski definition) is 4. The fraction of sp³-hybridized carbons (Fsp3) is 0.543. The van der Waals surface area contributed by atoms with Crippen molar-refractivity contribution in [3.05, 3.63) is 70.3 Å². The Bertz CT molecular complexity index is 1010. The fourth-order valence-electron chi connectivity index (χ4n) is 3.25. The van der Waals surface area contributed by atoms with Gasteiger partial charge in [-0.3, -0.25) is 9.59 Å². The molecule has 0 bridgehead atoms. The first-order valence-corrected chi connectivity index (χ1v) is 14.8. The summed E-state index contributed by atoms with van der Waals surface area (Å²) >= 11 is 0. The van der Waals surface area contributed by atoms with Crippen LogP contribution in [0, 0.1) is 43.7 Å². The van der Waals surface area contributed by atoms with Crippen molar-refractivity contribution in [3.8, 4) is 12.3 Å². The van der Waals surface area contributed by atoms with Crippen molar-refractivity contribution in [2.45, 2.75) is 100 Å². The second-order valence-electron chi connectivity index (χ2n) is 10.5. The molecule has 0 radical (unpaired) electrons. The summed E-state index contributed by atoms with van der Waals surface area (Å²) in [6.45, 7) is 17.0. The number of aliphatic hydroxyl groups excluding tert-OH is 1. The van der Waals surface area contributed by atoms with Crippen LogP contribution in [0.3, 0.4) is 0 Å². The average molecular weight is 590 g/mol. The minimum atomic E-state index is -0.693. The molecule has 0 spiro atoms. The van der Waals surface area contributed by atoms with E-state index in [1.165, 1.54) is 44.7 Å². The van der Waals surface area contributed by atoms with Crippen molar-refractivity contribution in [2.24, 2.45) is 5.92 Å². The van der Waals surface area contributed by atoms with E-state index in [1.54, 1.807) is 25.1 Å². The molecule has 0 aromatic heterocycles. The molecule has 0 aliphatic carbocycles. The number of carbonyl (C=O) groups is 2. The molecule has 7 heteroatoms. The predicted octanol–water partition coefficient (Wildman–Crippen LogP) is 8.24. The smallest absolute Gasteiger partial charge is 0.251 e. The molecular weight excluding hydrogens is 536 g/mol. The lowest BCUT2D eigenvalue weighted by Crippen LogP contribution is -2.32. The maximum absolute atomic E-state index is 12.2. The third-order valence-corrected chi connectivity index (χ3v) is 5.60. The number of unbranched alkanes of at least 4 members (excludes halogenated alkanes) is 1. The van der Waals surface area contributed by atoms with E-state index in [1.807, 2.05) is 6.92 Å². The van der Waals surface area contributed by atoms with Gasteiger partial charge in [-0.15, -0.1) is 12.3 Å². The van der Waals surface area contributed by atoms with Crippen molar-refractivity contribution in [2.75, 3.05) is 19.8 Å². The summed E-state index contributed by atoms with van der Waals surface area (Å²) in [4.78, 5) is 23.5. The highest BCUT2D eigenvalue weighted by atomic mass is 19.1. The van der Waals surface area contributed by atoms with Gasteiger partial charge in [-0.1, -0.05) is 60.3 Å². The highest BCUT2D eigenvalue weighted by Gasteiger charge is 2.12. The van der Waals surface area contributed by atoms with Crippen molar-refractivity contribution in [3.63, 3.8) is 0 Å². The van der Waals surface area contributed by atoms with E-state index < -0.39 is 17.7 Å². The first kappa shape index (κ1) is 41.1. The van der Waals surface area contributed by atoms with Crippen molar-refractivity contribution in [1.29, 1.82) is 0 Å². The van der Waals surface area contributed by atoms with Crippen LogP contribution < -0.4 is 5.32 Å². The maximum Gasteiger partial charge on any atom is 0.251 e. The number of nitrogens with one attached hydrogen (secondary N) is 1. The zero-order valence-corrected chi connectivity index (χ0v) is 27.0. The Morgan fingerprint density at radius 3 is 1.86 bits per heavy atom. The fourth-order valence-corrected chi connectivity index (χ4v) is 3.25. The molecule has 2 aromatic rings. The van der Waals surface area contributed by atoms with Crippen molar-refractivity contribution < 1.29 is 28.2 Å². The van der Waals surface area contributed by atoms with E-state index >= 15 is 0 Å². The SMILES string of the molecule is C#CCCOCCC(O)CNC(=O)c1cc(C)cc(C(C)=O)c1.CCCC.CCCC(C)C.Cc1cc(F)cc(F)c1. The molecule has 2 aromatic carbocycles. The van der Waals surface area contributed by atoms with Crippen LogP contribution in [0.25, 0.3) is 0 Å². The van der Waals surface area contributed by atoms with Crippen LogP contribution in [0.4, 0.5) is 8.78 Å². The van der Waals surface area contributed by atoms with Gasteiger partial charge >= 0.3 is 0 Å². The number of amides is 1. The van der Waals surface area contributed by atoms with Gasteiger partial charge in [0, 0.05) is 36.8 Å². The lowest BCUT2D eigenvalue weighted by Gasteiger charge is -2.12. The number of aliphatic hydroxyl groups is 1. The molecule has 0 fully saturated rings. The molecule has 0 saturated heterocycles. The number of Topliss-reactive ketones (excluding diaryl/α,β-unsaturated/α-hetero) is 1. The zero-order chi connectivity index (χ0) is 32.5. The van der Waals surface area contributed by atoms with E-state index in [0.29, 0.717) is 42.7 Å². The molecular formula is C35H53F2NO4. The number of benzene rings is 2. The van der Waals surface area contributed by atoms with Gasteiger partial charge in [-0.05, 0) is 74.6 Å². The monoisotopic (exact) mass is 589 g/mol. The molecule has 5 nitrogen and oxygen atoms in total. The Hall–Kier alpha value is -3.08. The lowest BCUT2D eigenvalue weighted by atomic mass is 10.0. The number of aryl methyl sites for hydroxylation is 2. The molecule has 236 valence electrons. The van der Waals surface area contributed by atoms with E-state index in [0.717, 1.165) is 17.5 Å². The normalized spacial score (nSPS) is 10.5. The molecule has 1 unspecified atom stereocenters. The Labute approximate surface area is 253 Å². The van der Waals surface area contributed by atoms with Crippen molar-refractivity contribution >= 4 is 11.7 Å². The quantitative estimate of drug-likeness (QED) is 0.149. The third kappa shape index (κ3) is 23.6. The van der Waals surface area contributed by atoms with Gasteiger partial charge in [0.15, 0.2) is 5.78 Å². The highest BCUT2D eigenvalue weighted by molar-refractivity contribution is 5.99. The molecule has 0 heterocycles. The first-order chi connectivity index (χ1) is 19.8. The average Bonchev–Trinajstić information content (AvgIpc) is 2.91. The standard InChI is InChI=1S/C18H23NO4.C7H6F2.C6H14.C4H10/c1-4-5-7-23-8-6-17(21)12-19-18(22)16-10-13(2)9-15(11-16)14(3)20;1-5-2-6(8)4-7(9)3-5;1-4-5-6(2)3;1-3-4-2/h1,9-11,17,21H,5-8,12H2,2-3H3,(H,19,22);2-4H,1H3;6H,4-5H2,1-3H3;3-4H2,1-2H3. The Balaban J connectivity index is 0. The number of halogens is 2. The molecule has 2 rings (SSSR count). The van der Waals surface area contributed by atoms with Gasteiger partial charge < -0.3 is 15.2 Å². The molecule has 1 amide bonds. The van der Waals surface area contributed by atoms with Crippen LogP contribution in [0.5, 0.6) is 0 Å². The summed E-state index contributed by atoms with van der Waals surface area (Å²) in [5, 5.41) is 12.5. The van der Waals surface area contributed by atoms with Gasteiger partial charge in [-0.25, -0.2) is 8.78 Å². The van der Waals surface area contributed by atoms with Gasteiger partial charge in [0.1, 0.15) is 11.6 Å².